The van der Waals surface area contributed by atoms with E-state index in [2.05, 4.69) is 20.2 Å². The third kappa shape index (κ3) is 2.24. The van der Waals surface area contributed by atoms with Gasteiger partial charge in [-0.1, -0.05) is 0 Å². The van der Waals surface area contributed by atoms with Crippen LogP contribution >= 0.6 is 11.3 Å². The summed E-state index contributed by atoms with van der Waals surface area (Å²) in [6.07, 6.45) is 6.40. The number of fused-ring (bicyclic) bond motifs is 3. The molecule has 0 radical (unpaired) electrons. The molecule has 1 saturated heterocycles. The summed E-state index contributed by atoms with van der Waals surface area (Å²) < 4.78 is 0. The molecule has 1 aliphatic heterocycles. The van der Waals surface area contributed by atoms with Gasteiger partial charge in [0.15, 0.2) is 0 Å². The van der Waals surface area contributed by atoms with Crippen LogP contribution in [0.5, 0.6) is 0 Å². The number of aromatic nitrogens is 2. The second kappa shape index (κ2) is 5.48. The number of nitrogens with two attached hydrogens (primary N) is 1. The summed E-state index contributed by atoms with van der Waals surface area (Å²) in [6.45, 7) is 2.15. The molecule has 116 valence electrons. The molecule has 0 aromatic carbocycles. The van der Waals surface area contributed by atoms with Gasteiger partial charge in [-0.3, -0.25) is 4.79 Å². The first-order chi connectivity index (χ1) is 10.7. The van der Waals surface area contributed by atoms with Crippen LogP contribution < -0.4 is 16.0 Å². The van der Waals surface area contributed by atoms with Crippen molar-refractivity contribution in [1.82, 2.24) is 15.3 Å². The van der Waals surface area contributed by atoms with Crippen molar-refractivity contribution in [3.8, 4) is 0 Å². The zero-order valence-electron chi connectivity index (χ0n) is 12.3. The van der Waals surface area contributed by atoms with Crippen LogP contribution in [0.3, 0.4) is 0 Å². The number of nitrogens with zero attached hydrogens (tertiary/aromatic N) is 3. The summed E-state index contributed by atoms with van der Waals surface area (Å²) in [6, 6.07) is -0.312. The molecule has 2 aliphatic rings. The Morgan fingerprint density at radius 3 is 3.09 bits per heavy atom. The number of piperazine rings is 1. The summed E-state index contributed by atoms with van der Waals surface area (Å²) in [5.41, 5.74) is 6.88. The number of anilines is 1. The van der Waals surface area contributed by atoms with Crippen molar-refractivity contribution in [3.05, 3.63) is 16.8 Å². The Hall–Kier alpha value is -1.73. The molecule has 6 nitrogen and oxygen atoms in total. The normalized spacial score (nSPS) is 21.8. The standard InChI is InChI=1S/C15H19N5OS/c16-13(21)10-7-20(6-5-17-10)14-12-9-3-1-2-4-11(9)22-15(12)19-8-18-14/h8,10,17H,1-7H2,(H2,16,21)/t10-/m0/s1. The molecule has 2 aromatic rings. The predicted octanol–water partition coefficient (Wildman–Crippen LogP) is 0.834. The number of hydrogen-bond acceptors (Lipinski definition) is 6. The van der Waals surface area contributed by atoms with Gasteiger partial charge in [0.05, 0.1) is 5.39 Å². The molecule has 7 heteroatoms. The fourth-order valence-electron chi connectivity index (χ4n) is 3.45. The summed E-state index contributed by atoms with van der Waals surface area (Å²) >= 11 is 1.80. The fraction of sp³-hybridized carbons (Fsp3) is 0.533. The Kier molecular flexibility index (Phi) is 3.46. The van der Waals surface area contributed by atoms with Crippen molar-refractivity contribution < 1.29 is 4.79 Å². The van der Waals surface area contributed by atoms with Crippen LogP contribution in [-0.4, -0.2) is 41.6 Å². The minimum absolute atomic E-state index is 0.303. The van der Waals surface area contributed by atoms with E-state index in [9.17, 15) is 4.79 Å². The maximum absolute atomic E-state index is 11.5. The molecule has 3 heterocycles. The zero-order valence-corrected chi connectivity index (χ0v) is 13.2. The van der Waals surface area contributed by atoms with Crippen molar-refractivity contribution in [2.24, 2.45) is 5.73 Å². The lowest BCUT2D eigenvalue weighted by Crippen LogP contribution is -2.56. The number of primary amides is 1. The van der Waals surface area contributed by atoms with Gasteiger partial charge in [-0.15, -0.1) is 11.3 Å². The average Bonchev–Trinajstić information content (AvgIpc) is 2.93. The Morgan fingerprint density at radius 1 is 1.36 bits per heavy atom. The fourth-order valence-corrected chi connectivity index (χ4v) is 4.67. The van der Waals surface area contributed by atoms with Crippen LogP contribution in [-0.2, 0) is 17.6 Å². The van der Waals surface area contributed by atoms with E-state index in [4.69, 9.17) is 5.73 Å². The Morgan fingerprint density at radius 2 is 2.23 bits per heavy atom. The van der Waals surface area contributed by atoms with Gasteiger partial charge in [0, 0.05) is 24.5 Å². The van der Waals surface area contributed by atoms with Crippen molar-refractivity contribution in [2.45, 2.75) is 31.7 Å². The topological polar surface area (TPSA) is 84.1 Å². The first-order valence-corrected chi connectivity index (χ1v) is 8.58. The Labute approximate surface area is 132 Å². The minimum Gasteiger partial charge on any atom is -0.368 e. The van der Waals surface area contributed by atoms with Gasteiger partial charge in [0.1, 0.15) is 23.0 Å². The van der Waals surface area contributed by atoms with Crippen LogP contribution in [0.2, 0.25) is 0 Å². The molecule has 0 bridgehead atoms. The van der Waals surface area contributed by atoms with Crippen LogP contribution in [0.4, 0.5) is 5.82 Å². The number of hydrogen-bond donors (Lipinski definition) is 2. The first-order valence-electron chi connectivity index (χ1n) is 7.77. The Balaban J connectivity index is 1.78. The van der Waals surface area contributed by atoms with Gasteiger partial charge in [0.2, 0.25) is 5.91 Å². The van der Waals surface area contributed by atoms with E-state index in [0.717, 1.165) is 36.6 Å². The Bertz CT molecular complexity index is 728. The number of thiophene rings is 1. The van der Waals surface area contributed by atoms with Crippen LogP contribution in [0.1, 0.15) is 23.3 Å². The molecule has 0 spiro atoms. The number of amides is 1. The van der Waals surface area contributed by atoms with Crippen LogP contribution in [0, 0.1) is 0 Å². The molecule has 1 fully saturated rings. The number of nitrogens with one attached hydrogen (secondary N) is 1. The van der Waals surface area contributed by atoms with Crippen LogP contribution in [0.15, 0.2) is 6.33 Å². The smallest absolute Gasteiger partial charge is 0.236 e. The molecule has 1 aliphatic carbocycles. The van der Waals surface area contributed by atoms with E-state index in [-0.39, 0.29) is 11.9 Å². The first kappa shape index (κ1) is 13.9. The third-order valence-electron chi connectivity index (χ3n) is 4.55. The summed E-state index contributed by atoms with van der Waals surface area (Å²) in [4.78, 5) is 25.2. The molecule has 0 saturated carbocycles. The van der Waals surface area contributed by atoms with Crippen molar-refractivity contribution in [3.63, 3.8) is 0 Å². The molecule has 22 heavy (non-hydrogen) atoms. The largest absolute Gasteiger partial charge is 0.368 e. The molecule has 1 atom stereocenters. The molecule has 0 unspecified atom stereocenters. The quantitative estimate of drug-likeness (QED) is 0.857. The maximum atomic E-state index is 11.5. The maximum Gasteiger partial charge on any atom is 0.236 e. The van der Waals surface area contributed by atoms with E-state index < -0.39 is 0 Å². The van der Waals surface area contributed by atoms with Gasteiger partial charge in [-0.25, -0.2) is 9.97 Å². The zero-order chi connectivity index (χ0) is 15.1. The lowest BCUT2D eigenvalue weighted by molar-refractivity contribution is -0.120. The molecule has 4 rings (SSSR count). The second-order valence-corrected chi connectivity index (χ2v) is 7.03. The van der Waals surface area contributed by atoms with Gasteiger partial charge in [-0.05, 0) is 31.2 Å². The molecule has 2 aromatic heterocycles. The minimum atomic E-state index is -0.312. The number of carbonyl (C=O) groups is 1. The lowest BCUT2D eigenvalue weighted by atomic mass is 9.97. The lowest BCUT2D eigenvalue weighted by Gasteiger charge is -2.33. The monoisotopic (exact) mass is 317 g/mol. The summed E-state index contributed by atoms with van der Waals surface area (Å²) in [5.74, 6) is 0.666. The average molecular weight is 317 g/mol. The van der Waals surface area contributed by atoms with E-state index in [1.807, 2.05) is 0 Å². The number of aryl methyl sites for hydroxylation is 2. The molecular weight excluding hydrogens is 298 g/mol. The predicted molar refractivity (Wildman–Crippen MR) is 87.3 cm³/mol. The SMILES string of the molecule is NC(=O)[C@@H]1CN(c2ncnc3sc4c(c23)CCCC4)CCN1. The highest BCUT2D eigenvalue weighted by Gasteiger charge is 2.27. The van der Waals surface area contributed by atoms with Crippen LogP contribution in [0.25, 0.3) is 10.2 Å². The van der Waals surface area contributed by atoms with E-state index in [1.54, 1.807) is 17.7 Å². The van der Waals surface area contributed by atoms with Crippen molar-refractivity contribution in [2.75, 3.05) is 24.5 Å². The number of rotatable bonds is 2. The van der Waals surface area contributed by atoms with Gasteiger partial charge in [-0.2, -0.15) is 0 Å². The third-order valence-corrected chi connectivity index (χ3v) is 5.75. The van der Waals surface area contributed by atoms with E-state index in [1.165, 1.54) is 28.7 Å². The van der Waals surface area contributed by atoms with Gasteiger partial charge >= 0.3 is 0 Å². The summed E-state index contributed by atoms with van der Waals surface area (Å²) in [5, 5.41) is 4.37. The van der Waals surface area contributed by atoms with Gasteiger partial charge in [0.25, 0.3) is 0 Å². The van der Waals surface area contributed by atoms with E-state index >= 15 is 0 Å². The highest BCUT2D eigenvalue weighted by atomic mass is 32.1. The van der Waals surface area contributed by atoms with E-state index in [0.29, 0.717) is 6.54 Å². The molecule has 3 N–H and O–H groups in total. The molecule has 1 amide bonds. The van der Waals surface area contributed by atoms with Crippen molar-refractivity contribution >= 4 is 33.3 Å². The van der Waals surface area contributed by atoms with Crippen molar-refractivity contribution in [1.29, 1.82) is 0 Å². The second-order valence-electron chi connectivity index (χ2n) is 5.94. The number of carbonyl (C=O) groups excluding carboxylic acids is 1. The van der Waals surface area contributed by atoms with Gasteiger partial charge < -0.3 is 16.0 Å². The highest BCUT2D eigenvalue weighted by Crippen LogP contribution is 2.39. The molecular formula is C15H19N5OS. The summed E-state index contributed by atoms with van der Waals surface area (Å²) in [7, 11) is 0. The highest BCUT2D eigenvalue weighted by molar-refractivity contribution is 7.19.